The first-order chi connectivity index (χ1) is 14.0. The van der Waals surface area contributed by atoms with Gasteiger partial charge in [-0.25, -0.2) is 4.68 Å². The summed E-state index contributed by atoms with van der Waals surface area (Å²) in [4.78, 5) is 25.2. The molecule has 7 heteroatoms. The Labute approximate surface area is 167 Å². The predicted molar refractivity (Wildman–Crippen MR) is 108 cm³/mol. The Bertz CT molecular complexity index is 1180. The van der Waals surface area contributed by atoms with Gasteiger partial charge in [0.25, 0.3) is 17.3 Å². The molecule has 2 aromatic carbocycles. The van der Waals surface area contributed by atoms with E-state index in [4.69, 9.17) is 9.47 Å². The molecule has 0 saturated heterocycles. The maximum Gasteiger partial charge on any atom is 0.276 e. The molecule has 0 atom stereocenters. The highest BCUT2D eigenvalue weighted by Gasteiger charge is 2.42. The predicted octanol–water partition coefficient (Wildman–Crippen LogP) is 3.62. The molecule has 148 valence electrons. The molecule has 2 heterocycles. The van der Waals surface area contributed by atoms with Gasteiger partial charge in [-0.15, -0.1) is 0 Å². The van der Waals surface area contributed by atoms with Crippen LogP contribution in [0.25, 0.3) is 10.8 Å². The van der Waals surface area contributed by atoms with E-state index >= 15 is 0 Å². The molecule has 0 radical (unpaired) electrons. The van der Waals surface area contributed by atoms with E-state index < -0.39 is 5.79 Å². The zero-order valence-electron chi connectivity index (χ0n) is 16.1. The second kappa shape index (κ2) is 6.62. The maximum absolute atomic E-state index is 12.9. The molecule has 1 spiro atoms. The summed E-state index contributed by atoms with van der Waals surface area (Å²) >= 11 is 0. The molecule has 1 saturated carbocycles. The molecule has 1 aliphatic carbocycles. The molecule has 7 nitrogen and oxygen atoms in total. The van der Waals surface area contributed by atoms with Crippen molar-refractivity contribution in [3.05, 3.63) is 58.5 Å². The first-order valence-corrected chi connectivity index (χ1v) is 9.84. The van der Waals surface area contributed by atoms with Crippen molar-refractivity contribution in [3.63, 3.8) is 0 Å². The Morgan fingerprint density at radius 2 is 1.76 bits per heavy atom. The van der Waals surface area contributed by atoms with E-state index in [1.807, 2.05) is 6.07 Å². The van der Waals surface area contributed by atoms with Crippen molar-refractivity contribution < 1.29 is 14.3 Å². The minimum absolute atomic E-state index is 0.198. The third-order valence-corrected chi connectivity index (χ3v) is 5.58. The van der Waals surface area contributed by atoms with Crippen LogP contribution in [0.5, 0.6) is 11.5 Å². The number of hydrogen-bond acceptors (Lipinski definition) is 5. The Morgan fingerprint density at radius 3 is 2.55 bits per heavy atom. The molecular formula is C22H21N3O4. The number of anilines is 1. The van der Waals surface area contributed by atoms with Crippen LogP contribution in [0.15, 0.2) is 47.3 Å². The minimum atomic E-state index is -0.557. The third-order valence-electron chi connectivity index (χ3n) is 5.58. The van der Waals surface area contributed by atoms with Crippen LogP contribution in [0.4, 0.5) is 5.69 Å². The molecule has 2 aliphatic rings. The van der Waals surface area contributed by atoms with Crippen LogP contribution in [0.2, 0.25) is 0 Å². The molecule has 1 amide bonds. The van der Waals surface area contributed by atoms with Gasteiger partial charge in [-0.2, -0.15) is 5.10 Å². The van der Waals surface area contributed by atoms with Crippen molar-refractivity contribution in [1.29, 1.82) is 0 Å². The van der Waals surface area contributed by atoms with Crippen molar-refractivity contribution in [2.75, 3.05) is 5.32 Å². The largest absolute Gasteiger partial charge is 0.448 e. The molecule has 1 aromatic heterocycles. The highest BCUT2D eigenvalue weighted by Crippen LogP contribution is 2.46. The molecule has 29 heavy (non-hydrogen) atoms. The monoisotopic (exact) mass is 391 g/mol. The van der Waals surface area contributed by atoms with Gasteiger partial charge < -0.3 is 14.8 Å². The molecule has 5 rings (SSSR count). The highest BCUT2D eigenvalue weighted by molar-refractivity contribution is 6.11. The topological polar surface area (TPSA) is 82.5 Å². The molecule has 1 aliphatic heterocycles. The van der Waals surface area contributed by atoms with Crippen LogP contribution < -0.4 is 20.3 Å². The Balaban J connectivity index is 1.43. The van der Waals surface area contributed by atoms with Gasteiger partial charge in [-0.1, -0.05) is 24.6 Å². The van der Waals surface area contributed by atoms with E-state index in [2.05, 4.69) is 10.4 Å². The lowest BCUT2D eigenvalue weighted by Crippen LogP contribution is -2.40. The third kappa shape index (κ3) is 3.03. The number of carbonyl (C=O) groups excluding carboxylic acids is 1. The van der Waals surface area contributed by atoms with Gasteiger partial charge in [0, 0.05) is 37.0 Å². The summed E-state index contributed by atoms with van der Waals surface area (Å²) in [7, 11) is 1.54. The van der Waals surface area contributed by atoms with Gasteiger partial charge in [-0.05, 0) is 31.0 Å². The van der Waals surface area contributed by atoms with E-state index in [1.165, 1.54) is 18.2 Å². The van der Waals surface area contributed by atoms with Gasteiger partial charge in [-0.3, -0.25) is 9.59 Å². The summed E-state index contributed by atoms with van der Waals surface area (Å²) in [6.07, 6.45) is 5.12. The number of amides is 1. The number of nitrogens with zero attached hydrogens (tertiary/aromatic N) is 2. The van der Waals surface area contributed by atoms with E-state index in [-0.39, 0.29) is 17.2 Å². The van der Waals surface area contributed by atoms with Crippen molar-refractivity contribution in [2.24, 2.45) is 7.05 Å². The Kier molecular flexibility index (Phi) is 4.04. The van der Waals surface area contributed by atoms with Gasteiger partial charge in [0.05, 0.1) is 5.39 Å². The Morgan fingerprint density at radius 1 is 1.03 bits per heavy atom. The second-order valence-corrected chi connectivity index (χ2v) is 7.61. The lowest BCUT2D eigenvalue weighted by Gasteiger charge is -2.31. The van der Waals surface area contributed by atoms with Crippen LogP contribution in [0.3, 0.4) is 0 Å². The first kappa shape index (κ1) is 17.7. The zero-order chi connectivity index (χ0) is 20.0. The fourth-order valence-electron chi connectivity index (χ4n) is 4.12. The van der Waals surface area contributed by atoms with E-state index in [9.17, 15) is 9.59 Å². The standard InChI is InChI=1S/C22H21N3O4/c1-25-21(27)16-8-4-3-7-15(16)19(24-25)20(26)23-14-9-10-17-18(13-14)29-22(28-17)11-5-2-6-12-22/h3-4,7-10,13H,2,5-6,11-12H2,1H3,(H,23,26). The van der Waals surface area contributed by atoms with Gasteiger partial charge in [0.2, 0.25) is 0 Å². The lowest BCUT2D eigenvalue weighted by atomic mass is 9.94. The number of carbonyl (C=O) groups is 1. The van der Waals surface area contributed by atoms with Gasteiger partial charge in [0.1, 0.15) is 0 Å². The van der Waals surface area contributed by atoms with Crippen LogP contribution in [0, 0.1) is 0 Å². The summed E-state index contributed by atoms with van der Waals surface area (Å²) in [5, 5.41) is 8.02. The Hall–Kier alpha value is -3.35. The fourth-order valence-corrected chi connectivity index (χ4v) is 4.12. The number of ether oxygens (including phenoxy) is 2. The number of hydrogen-bond donors (Lipinski definition) is 1. The van der Waals surface area contributed by atoms with Gasteiger partial charge in [0.15, 0.2) is 17.2 Å². The fraction of sp³-hybridized carbons (Fsp3) is 0.318. The van der Waals surface area contributed by atoms with Crippen LogP contribution in [0.1, 0.15) is 42.6 Å². The summed E-state index contributed by atoms with van der Waals surface area (Å²) in [6, 6.07) is 12.4. The summed E-state index contributed by atoms with van der Waals surface area (Å²) in [5.74, 6) is 0.403. The average molecular weight is 391 g/mol. The van der Waals surface area contributed by atoms with Crippen LogP contribution >= 0.6 is 0 Å². The van der Waals surface area contributed by atoms with Crippen LogP contribution in [-0.2, 0) is 7.05 Å². The quantitative estimate of drug-likeness (QED) is 0.722. The molecule has 1 N–H and O–H groups in total. The number of aryl methyl sites for hydroxylation is 1. The highest BCUT2D eigenvalue weighted by atomic mass is 16.7. The van der Waals surface area contributed by atoms with Crippen LogP contribution in [-0.4, -0.2) is 21.5 Å². The number of rotatable bonds is 2. The smallest absolute Gasteiger partial charge is 0.276 e. The molecule has 1 fully saturated rings. The van der Waals surface area contributed by atoms with E-state index in [0.29, 0.717) is 28.0 Å². The normalized spacial score (nSPS) is 16.9. The SMILES string of the molecule is Cn1nc(C(=O)Nc2ccc3c(c2)OC2(CCCCC2)O3)c2ccccc2c1=O. The number of nitrogens with one attached hydrogen (secondary N) is 1. The average Bonchev–Trinajstić information content (AvgIpc) is 3.07. The zero-order valence-corrected chi connectivity index (χ0v) is 16.1. The minimum Gasteiger partial charge on any atom is -0.448 e. The van der Waals surface area contributed by atoms with Crippen molar-refractivity contribution >= 4 is 22.4 Å². The van der Waals surface area contributed by atoms with Crippen molar-refractivity contribution in [2.45, 2.75) is 37.9 Å². The maximum atomic E-state index is 12.9. The molecule has 3 aromatic rings. The number of aromatic nitrogens is 2. The van der Waals surface area contributed by atoms with E-state index in [1.54, 1.807) is 36.4 Å². The number of fused-ring (bicyclic) bond motifs is 2. The van der Waals surface area contributed by atoms with E-state index in [0.717, 1.165) is 25.7 Å². The summed E-state index contributed by atoms with van der Waals surface area (Å²) in [6.45, 7) is 0. The van der Waals surface area contributed by atoms with Crippen molar-refractivity contribution in [1.82, 2.24) is 9.78 Å². The first-order valence-electron chi connectivity index (χ1n) is 9.84. The van der Waals surface area contributed by atoms with Crippen molar-refractivity contribution in [3.8, 4) is 11.5 Å². The molecular weight excluding hydrogens is 370 g/mol. The molecule has 0 unspecified atom stereocenters. The lowest BCUT2D eigenvalue weighted by molar-refractivity contribution is -0.105. The molecule has 0 bridgehead atoms. The summed E-state index contributed by atoms with van der Waals surface area (Å²) in [5.41, 5.74) is 0.548. The number of benzene rings is 2. The van der Waals surface area contributed by atoms with Gasteiger partial charge >= 0.3 is 0 Å². The second-order valence-electron chi connectivity index (χ2n) is 7.61. The summed E-state index contributed by atoms with van der Waals surface area (Å²) < 4.78 is 13.4.